The van der Waals surface area contributed by atoms with Gasteiger partial charge in [-0.15, -0.1) is 11.3 Å². The molecule has 0 spiro atoms. The lowest BCUT2D eigenvalue weighted by molar-refractivity contribution is -0.384. The van der Waals surface area contributed by atoms with Crippen LogP contribution >= 0.6 is 11.3 Å². The number of hydrogen-bond donors (Lipinski definition) is 1. The van der Waals surface area contributed by atoms with Crippen LogP contribution < -0.4 is 0 Å². The molecule has 1 aromatic carbocycles. The third-order valence-electron chi connectivity index (χ3n) is 3.35. The van der Waals surface area contributed by atoms with Crippen LogP contribution in [0.1, 0.15) is 5.56 Å². The highest BCUT2D eigenvalue weighted by molar-refractivity contribution is 7.97. The molecule has 24 heavy (non-hydrogen) atoms. The van der Waals surface area contributed by atoms with Gasteiger partial charge >= 0.3 is 0 Å². The summed E-state index contributed by atoms with van der Waals surface area (Å²) >= 11 is 1.02. The first kappa shape index (κ1) is 15.9. The molecule has 1 N–H and O–H groups in total. The minimum absolute atomic E-state index is 0.0705. The van der Waals surface area contributed by atoms with Crippen molar-refractivity contribution in [3.05, 3.63) is 62.5 Å². The van der Waals surface area contributed by atoms with Gasteiger partial charge < -0.3 is 4.98 Å². The monoisotopic (exact) mass is 359 g/mol. The van der Waals surface area contributed by atoms with Gasteiger partial charge in [0, 0.05) is 34.8 Å². The Bertz CT molecular complexity index is 1100. The Morgan fingerprint density at radius 3 is 2.79 bits per heavy atom. The summed E-state index contributed by atoms with van der Waals surface area (Å²) in [5.74, 6) is 0. The lowest BCUT2D eigenvalue weighted by atomic mass is 10.1. The van der Waals surface area contributed by atoms with Crippen molar-refractivity contribution in [1.29, 1.82) is 5.26 Å². The van der Waals surface area contributed by atoms with Crippen LogP contribution in [-0.2, 0) is 9.84 Å². The smallest absolute Gasteiger partial charge is 0.270 e. The second-order valence-corrected chi connectivity index (χ2v) is 7.88. The Kier molecular flexibility index (Phi) is 3.92. The van der Waals surface area contributed by atoms with E-state index in [4.69, 9.17) is 0 Å². The molecule has 0 aliphatic carbocycles. The minimum Gasteiger partial charge on any atom is -0.361 e. The molecule has 3 rings (SSSR count). The van der Waals surface area contributed by atoms with E-state index < -0.39 is 19.7 Å². The molecule has 120 valence electrons. The van der Waals surface area contributed by atoms with Crippen LogP contribution in [0.5, 0.6) is 0 Å². The van der Waals surface area contributed by atoms with Crippen LogP contribution in [0.2, 0.25) is 0 Å². The molecule has 0 aliphatic heterocycles. The van der Waals surface area contributed by atoms with Gasteiger partial charge in [0.2, 0.25) is 9.84 Å². The third-order valence-corrected chi connectivity index (χ3v) is 6.42. The predicted octanol–water partition coefficient (Wildman–Crippen LogP) is 3.48. The predicted molar refractivity (Wildman–Crippen MR) is 90.0 cm³/mol. The maximum Gasteiger partial charge on any atom is 0.270 e. The van der Waals surface area contributed by atoms with Gasteiger partial charge in [0.1, 0.15) is 10.3 Å². The lowest BCUT2D eigenvalue weighted by Crippen LogP contribution is -2.01. The molecular formula is C15H9N3O4S2. The van der Waals surface area contributed by atoms with Gasteiger partial charge in [-0.05, 0) is 23.6 Å². The zero-order chi connectivity index (χ0) is 17.3. The normalized spacial score (nSPS) is 12.2. The van der Waals surface area contributed by atoms with Crippen LogP contribution in [0.25, 0.3) is 17.0 Å². The summed E-state index contributed by atoms with van der Waals surface area (Å²) < 4.78 is 25.0. The topological polar surface area (TPSA) is 117 Å². The molecule has 0 saturated carbocycles. The molecule has 0 radical (unpaired) electrons. The molecule has 0 bridgehead atoms. The van der Waals surface area contributed by atoms with Crippen molar-refractivity contribution in [3.8, 4) is 6.07 Å². The second kappa shape index (κ2) is 5.92. The largest absolute Gasteiger partial charge is 0.361 e. The Morgan fingerprint density at radius 2 is 2.17 bits per heavy atom. The number of sulfone groups is 1. The van der Waals surface area contributed by atoms with Crippen LogP contribution in [0.15, 0.2) is 51.0 Å². The van der Waals surface area contributed by atoms with Gasteiger partial charge in [0.05, 0.1) is 4.92 Å². The molecule has 0 atom stereocenters. The highest BCUT2D eigenvalue weighted by Crippen LogP contribution is 2.29. The lowest BCUT2D eigenvalue weighted by Gasteiger charge is -1.99. The van der Waals surface area contributed by atoms with E-state index in [0.717, 1.165) is 11.3 Å². The SMILES string of the molecule is N#C/C(=C\c1c[nH]c2ccc([N+](=O)[O-])cc12)S(=O)(=O)c1cccs1. The molecule has 2 aromatic heterocycles. The van der Waals surface area contributed by atoms with E-state index in [2.05, 4.69) is 4.98 Å². The summed E-state index contributed by atoms with van der Waals surface area (Å²) in [5, 5.41) is 22.2. The van der Waals surface area contributed by atoms with Gasteiger partial charge in [-0.25, -0.2) is 8.42 Å². The van der Waals surface area contributed by atoms with Gasteiger partial charge in [0.25, 0.3) is 5.69 Å². The second-order valence-electron chi connectivity index (χ2n) is 4.79. The Labute approximate surface area is 140 Å². The first-order valence-corrected chi connectivity index (χ1v) is 8.95. The molecule has 0 fully saturated rings. The summed E-state index contributed by atoms with van der Waals surface area (Å²) in [4.78, 5) is 12.9. The number of nitriles is 1. The Hall–Kier alpha value is -2.96. The van der Waals surface area contributed by atoms with E-state index >= 15 is 0 Å². The number of nitrogens with zero attached hydrogens (tertiary/aromatic N) is 2. The number of benzene rings is 1. The highest BCUT2D eigenvalue weighted by Gasteiger charge is 2.22. The summed E-state index contributed by atoms with van der Waals surface area (Å²) in [6.45, 7) is 0. The average Bonchev–Trinajstić information content (AvgIpc) is 3.22. The van der Waals surface area contributed by atoms with E-state index in [0.29, 0.717) is 16.5 Å². The number of nitro benzene ring substituents is 1. The number of nitrogens with one attached hydrogen (secondary N) is 1. The van der Waals surface area contributed by atoms with Crippen molar-refractivity contribution in [2.24, 2.45) is 0 Å². The fourth-order valence-corrected chi connectivity index (χ4v) is 4.47. The number of hydrogen-bond acceptors (Lipinski definition) is 6. The fourth-order valence-electron chi connectivity index (χ4n) is 2.20. The molecule has 0 aliphatic rings. The summed E-state index contributed by atoms with van der Waals surface area (Å²) in [6, 6.07) is 8.93. The van der Waals surface area contributed by atoms with Crippen LogP contribution in [0.3, 0.4) is 0 Å². The molecule has 7 nitrogen and oxygen atoms in total. The van der Waals surface area contributed by atoms with Crippen molar-refractivity contribution in [3.63, 3.8) is 0 Å². The zero-order valence-electron chi connectivity index (χ0n) is 12.0. The third kappa shape index (κ3) is 2.68. The molecule has 9 heteroatoms. The number of aromatic amines is 1. The average molecular weight is 359 g/mol. The number of non-ortho nitro benzene ring substituents is 1. The van der Waals surface area contributed by atoms with Crippen LogP contribution in [-0.4, -0.2) is 18.3 Å². The van der Waals surface area contributed by atoms with E-state index in [1.807, 2.05) is 0 Å². The van der Waals surface area contributed by atoms with Crippen molar-refractivity contribution < 1.29 is 13.3 Å². The van der Waals surface area contributed by atoms with E-state index in [9.17, 15) is 23.8 Å². The van der Waals surface area contributed by atoms with Gasteiger partial charge in [-0.3, -0.25) is 10.1 Å². The standard InChI is InChI=1S/C15H9N3O4S2/c16-8-12(24(21,22)15-2-1-5-23-15)6-10-9-17-14-4-3-11(18(19)20)7-13(10)14/h1-7,9,17H/b12-6+. The van der Waals surface area contributed by atoms with Crippen LogP contribution in [0, 0.1) is 21.4 Å². The molecule has 0 unspecified atom stereocenters. The first-order valence-electron chi connectivity index (χ1n) is 6.59. The van der Waals surface area contributed by atoms with Crippen molar-refractivity contribution in [2.45, 2.75) is 4.21 Å². The highest BCUT2D eigenvalue weighted by atomic mass is 32.2. The van der Waals surface area contributed by atoms with Gasteiger partial charge in [0.15, 0.2) is 4.91 Å². The number of allylic oxidation sites excluding steroid dienone is 1. The van der Waals surface area contributed by atoms with Crippen molar-refractivity contribution >= 4 is 43.8 Å². The summed E-state index contributed by atoms with van der Waals surface area (Å²) in [7, 11) is -3.91. The van der Waals surface area contributed by atoms with E-state index in [1.165, 1.54) is 36.5 Å². The number of aromatic nitrogens is 1. The minimum atomic E-state index is -3.91. The molecule has 0 saturated heterocycles. The van der Waals surface area contributed by atoms with E-state index in [-0.39, 0.29) is 9.90 Å². The van der Waals surface area contributed by atoms with Crippen LogP contribution in [0.4, 0.5) is 5.69 Å². The van der Waals surface area contributed by atoms with Crippen molar-refractivity contribution in [2.75, 3.05) is 0 Å². The maximum absolute atomic E-state index is 12.5. The molecule has 0 amide bonds. The number of rotatable bonds is 4. The summed E-state index contributed by atoms with van der Waals surface area (Å²) in [5.41, 5.74) is 0.888. The van der Waals surface area contributed by atoms with E-state index in [1.54, 1.807) is 17.5 Å². The summed E-state index contributed by atoms with van der Waals surface area (Å²) in [6.07, 6.45) is 2.73. The quantitative estimate of drug-likeness (QED) is 0.435. The maximum atomic E-state index is 12.5. The Morgan fingerprint density at radius 1 is 1.38 bits per heavy atom. The van der Waals surface area contributed by atoms with Crippen molar-refractivity contribution in [1.82, 2.24) is 4.98 Å². The zero-order valence-corrected chi connectivity index (χ0v) is 13.6. The first-order chi connectivity index (χ1) is 11.4. The molecule has 2 heterocycles. The number of nitro groups is 1. The van der Waals surface area contributed by atoms with Gasteiger partial charge in [-0.1, -0.05) is 6.07 Å². The molecule has 3 aromatic rings. The Balaban J connectivity index is 2.16. The number of thiophene rings is 1. The fraction of sp³-hybridized carbons (Fsp3) is 0. The van der Waals surface area contributed by atoms with Gasteiger partial charge in [-0.2, -0.15) is 5.26 Å². The number of H-pyrrole nitrogens is 1. The molecular weight excluding hydrogens is 350 g/mol. The number of fused-ring (bicyclic) bond motifs is 1.